The van der Waals surface area contributed by atoms with Crippen LogP contribution in [0, 0.1) is 0 Å². The molecular weight excluding hydrogens is 431 g/mol. The van der Waals surface area contributed by atoms with Crippen molar-refractivity contribution in [3.05, 3.63) is 30.3 Å². The Morgan fingerprint density at radius 1 is 1.11 bits per heavy atom. The Kier molecular flexibility index (Phi) is 12.8. The van der Waals surface area contributed by atoms with E-state index in [0.717, 1.165) is 0 Å². The summed E-state index contributed by atoms with van der Waals surface area (Å²) in [5.74, 6) is -3.40. The number of hydrogen-bond donors (Lipinski definition) is 3. The van der Waals surface area contributed by atoms with Crippen LogP contribution >= 0.6 is 0 Å². The predicted molar refractivity (Wildman–Crippen MR) is 90.5 cm³/mol. The molecule has 14 heteroatoms. The molecule has 0 aliphatic rings. The molecule has 0 fully saturated rings. The second kappa shape index (κ2) is 12.4. The van der Waals surface area contributed by atoms with Crippen molar-refractivity contribution in [1.82, 2.24) is 0 Å². The fourth-order valence-corrected chi connectivity index (χ4v) is 3.18. The third-order valence-corrected chi connectivity index (χ3v) is 5.10. The topological polar surface area (TPSA) is 195 Å². The van der Waals surface area contributed by atoms with E-state index in [9.17, 15) is 31.0 Å². The first-order chi connectivity index (χ1) is 12.2. The van der Waals surface area contributed by atoms with Gasteiger partial charge in [0.05, 0.1) is 6.42 Å². The smallest absolute Gasteiger partial charge is 0.716 e. The van der Waals surface area contributed by atoms with Gasteiger partial charge in [-0.1, -0.05) is 38.0 Å². The van der Waals surface area contributed by atoms with Gasteiger partial charge in [-0.3, -0.25) is 14.1 Å². The molecule has 0 aliphatic heterocycles. The van der Waals surface area contributed by atoms with E-state index in [1.807, 2.05) is 0 Å². The van der Waals surface area contributed by atoms with Crippen LogP contribution in [-0.2, 0) is 30.1 Å². The molecule has 0 heterocycles. The minimum absolute atomic E-state index is 0. The molecule has 11 nitrogen and oxygen atoms in total. The fraction of sp³-hybridized carbons (Fsp3) is 0.429. The summed E-state index contributed by atoms with van der Waals surface area (Å²) >= 11 is 0. The zero-order valence-electron chi connectivity index (χ0n) is 15.1. The van der Waals surface area contributed by atoms with E-state index >= 15 is 0 Å². The average Bonchev–Trinajstić information content (AvgIpc) is 2.49. The van der Waals surface area contributed by atoms with E-state index in [2.05, 4.69) is 4.18 Å². The Morgan fingerprint density at radius 2 is 1.61 bits per heavy atom. The Morgan fingerprint density at radius 3 is 1.93 bits per heavy atom. The van der Waals surface area contributed by atoms with Crippen molar-refractivity contribution in [2.24, 2.45) is 0 Å². The SMILES string of the molecule is CCCCC(CC(=O)O)(C(=O)O)S(=O)(=O)O.O=S(=O)([O-])Oc1ccccc1.[Na+]. The number of carboxylic acid groups (broad SMARTS) is 2. The molecule has 1 atom stereocenters. The van der Waals surface area contributed by atoms with Gasteiger partial charge in [0.25, 0.3) is 20.5 Å². The molecule has 0 bridgehead atoms. The summed E-state index contributed by atoms with van der Waals surface area (Å²) in [6, 6.07) is 7.59. The summed E-state index contributed by atoms with van der Waals surface area (Å²) in [5.41, 5.74) is 0. The summed E-state index contributed by atoms with van der Waals surface area (Å²) in [6.45, 7) is 1.69. The zero-order chi connectivity index (χ0) is 21.3. The van der Waals surface area contributed by atoms with Crippen LogP contribution in [0.2, 0.25) is 0 Å². The minimum Gasteiger partial charge on any atom is -0.716 e. The van der Waals surface area contributed by atoms with Crippen LogP contribution in [0.3, 0.4) is 0 Å². The number of hydrogen-bond acceptors (Lipinski definition) is 8. The molecule has 0 saturated carbocycles. The first kappa shape index (κ1) is 29.0. The maximum absolute atomic E-state index is 11.0. The van der Waals surface area contributed by atoms with Crippen molar-refractivity contribution >= 4 is 32.5 Å². The Balaban J connectivity index is 0. The van der Waals surface area contributed by atoms with Crippen LogP contribution in [0.1, 0.15) is 32.6 Å². The summed E-state index contributed by atoms with van der Waals surface area (Å²) in [5, 5.41) is 17.4. The fourth-order valence-electron chi connectivity index (χ4n) is 1.90. The maximum Gasteiger partial charge on any atom is 1.00 e. The van der Waals surface area contributed by atoms with Gasteiger partial charge in [0, 0.05) is 0 Å². The van der Waals surface area contributed by atoms with Gasteiger partial charge in [-0.25, -0.2) is 8.42 Å². The number of rotatable bonds is 9. The van der Waals surface area contributed by atoms with Gasteiger partial charge >= 0.3 is 41.5 Å². The largest absolute Gasteiger partial charge is 1.00 e. The Bertz CT molecular complexity index is 837. The van der Waals surface area contributed by atoms with Crippen LogP contribution < -0.4 is 33.7 Å². The average molecular weight is 450 g/mol. The second-order valence-electron chi connectivity index (χ2n) is 5.25. The molecule has 0 spiro atoms. The summed E-state index contributed by atoms with van der Waals surface area (Å²) in [7, 11) is -9.60. The standard InChI is InChI=1S/C8H14O7S.C6H6O4S.Na/c1-2-3-4-8(7(11)12,5-6(9)10)16(13,14)15;7-11(8,9)10-6-4-2-1-3-5-6;/h2-5H2,1H3,(H,9,10)(H,11,12)(H,13,14,15);1-5H,(H,7,8,9);/q;;+1/p-1. The number of benzene rings is 1. The molecule has 3 N–H and O–H groups in total. The number of carboxylic acids is 2. The van der Waals surface area contributed by atoms with E-state index in [1.54, 1.807) is 25.1 Å². The third kappa shape index (κ3) is 10.4. The Labute approximate surface area is 184 Å². The van der Waals surface area contributed by atoms with Gasteiger partial charge in [-0.05, 0) is 18.6 Å². The molecule has 1 rings (SSSR count). The molecular formula is C14H19NaO11S2. The van der Waals surface area contributed by atoms with Crippen molar-refractivity contribution in [2.45, 2.75) is 37.4 Å². The molecule has 0 radical (unpaired) electrons. The van der Waals surface area contributed by atoms with E-state index in [0.29, 0.717) is 6.42 Å². The van der Waals surface area contributed by atoms with Gasteiger partial charge in [0.2, 0.25) is 4.75 Å². The van der Waals surface area contributed by atoms with E-state index < -0.39 is 50.0 Å². The number of carbonyl (C=O) groups is 2. The summed E-state index contributed by atoms with van der Waals surface area (Å²) < 4.78 is 62.4. The van der Waals surface area contributed by atoms with Crippen molar-refractivity contribution in [3.63, 3.8) is 0 Å². The zero-order valence-corrected chi connectivity index (χ0v) is 18.8. The molecule has 0 aliphatic carbocycles. The number of para-hydroxylation sites is 1. The first-order valence-corrected chi connectivity index (χ1v) is 10.1. The molecule has 0 aromatic heterocycles. The van der Waals surface area contributed by atoms with Crippen molar-refractivity contribution in [3.8, 4) is 5.75 Å². The minimum atomic E-state index is -4.97. The molecule has 1 aromatic rings. The van der Waals surface area contributed by atoms with Crippen molar-refractivity contribution in [1.29, 1.82) is 0 Å². The van der Waals surface area contributed by atoms with E-state index in [1.165, 1.54) is 12.1 Å². The van der Waals surface area contributed by atoms with Gasteiger partial charge < -0.3 is 18.9 Å². The van der Waals surface area contributed by atoms with E-state index in [4.69, 9.17) is 14.8 Å². The molecule has 1 unspecified atom stereocenters. The van der Waals surface area contributed by atoms with Crippen molar-refractivity contribution < 1.29 is 79.5 Å². The number of aliphatic carboxylic acids is 2. The van der Waals surface area contributed by atoms with Crippen LogP contribution in [-0.4, -0.2) is 52.8 Å². The van der Waals surface area contributed by atoms with Crippen LogP contribution in [0.4, 0.5) is 0 Å². The molecule has 28 heavy (non-hydrogen) atoms. The molecule has 0 saturated heterocycles. The van der Waals surface area contributed by atoms with Gasteiger partial charge in [0.15, 0.2) is 0 Å². The third-order valence-electron chi connectivity index (χ3n) is 3.20. The number of unbranched alkanes of at least 4 members (excludes halogenated alkanes) is 1. The van der Waals surface area contributed by atoms with E-state index in [-0.39, 0.29) is 41.7 Å². The quantitative estimate of drug-likeness (QED) is 0.212. The van der Waals surface area contributed by atoms with Gasteiger partial charge in [0.1, 0.15) is 5.75 Å². The molecule has 1 aromatic carbocycles. The molecule has 0 amide bonds. The Hall–Kier alpha value is -1.22. The van der Waals surface area contributed by atoms with Crippen molar-refractivity contribution in [2.75, 3.05) is 0 Å². The van der Waals surface area contributed by atoms with Crippen LogP contribution in [0.15, 0.2) is 30.3 Å². The second-order valence-corrected chi connectivity index (χ2v) is 7.97. The molecule has 154 valence electrons. The van der Waals surface area contributed by atoms with Gasteiger partial charge in [-0.15, -0.1) is 0 Å². The summed E-state index contributed by atoms with van der Waals surface area (Å²) in [6.07, 6.45) is -0.894. The van der Waals surface area contributed by atoms with Gasteiger partial charge in [-0.2, -0.15) is 8.42 Å². The normalized spacial score (nSPS) is 13.1. The first-order valence-electron chi connectivity index (χ1n) is 7.37. The maximum atomic E-state index is 11.0. The summed E-state index contributed by atoms with van der Waals surface area (Å²) in [4.78, 5) is 21.4. The van der Waals surface area contributed by atoms with Crippen LogP contribution in [0.25, 0.3) is 0 Å². The monoisotopic (exact) mass is 450 g/mol. The predicted octanol–water partition coefficient (Wildman–Crippen LogP) is -2.11. The van der Waals surface area contributed by atoms with Crippen LogP contribution in [0.5, 0.6) is 5.75 Å².